The number of aromatic nitrogens is 2. The molecule has 1 aromatic heterocycles. The van der Waals surface area contributed by atoms with Crippen LogP contribution in [0.3, 0.4) is 0 Å². The van der Waals surface area contributed by atoms with Crippen molar-refractivity contribution in [2.24, 2.45) is 7.05 Å². The smallest absolute Gasteiger partial charge is 0.318 e. The number of ether oxygens (including phenoxy) is 1. The summed E-state index contributed by atoms with van der Waals surface area (Å²) in [7, 11) is 1.90. The number of aryl methyl sites for hydroxylation is 2. The van der Waals surface area contributed by atoms with Gasteiger partial charge in [0, 0.05) is 13.0 Å². The highest BCUT2D eigenvalue weighted by molar-refractivity contribution is 5.71. The molecule has 0 N–H and O–H groups in total. The summed E-state index contributed by atoms with van der Waals surface area (Å²) in [5.41, 5.74) is 2.01. The number of nitrogens with zero attached hydrogens (tertiary/aromatic N) is 2. The highest BCUT2D eigenvalue weighted by Crippen LogP contribution is 1.98. The summed E-state index contributed by atoms with van der Waals surface area (Å²) >= 11 is 0. The van der Waals surface area contributed by atoms with E-state index in [-0.39, 0.29) is 12.4 Å². The lowest BCUT2D eigenvalue weighted by molar-refractivity contribution is -0.688. The highest BCUT2D eigenvalue weighted by atomic mass is 16.5. The molecular formula is C11H17N2O2+. The van der Waals surface area contributed by atoms with Crippen LogP contribution in [-0.4, -0.2) is 17.6 Å². The second-order valence-electron chi connectivity index (χ2n) is 3.50. The predicted octanol–water partition coefficient (Wildman–Crippen LogP) is 0.629. The first-order valence-corrected chi connectivity index (χ1v) is 5.03. The van der Waals surface area contributed by atoms with E-state index in [1.165, 1.54) is 0 Å². The van der Waals surface area contributed by atoms with Gasteiger partial charge in [-0.05, 0) is 13.8 Å². The van der Waals surface area contributed by atoms with Crippen LogP contribution in [0.15, 0.2) is 6.07 Å². The van der Waals surface area contributed by atoms with Crippen molar-refractivity contribution in [3.63, 3.8) is 0 Å². The van der Waals surface area contributed by atoms with E-state index in [2.05, 4.69) is 4.98 Å². The Labute approximate surface area is 89.9 Å². The van der Waals surface area contributed by atoms with Crippen LogP contribution in [-0.2, 0) is 23.0 Å². The van der Waals surface area contributed by atoms with Gasteiger partial charge in [-0.3, -0.25) is 4.79 Å². The van der Waals surface area contributed by atoms with Crippen molar-refractivity contribution in [1.29, 1.82) is 0 Å². The third-order valence-electron chi connectivity index (χ3n) is 2.25. The van der Waals surface area contributed by atoms with Crippen LogP contribution in [0, 0.1) is 13.8 Å². The minimum atomic E-state index is -0.231. The van der Waals surface area contributed by atoms with Gasteiger partial charge < -0.3 is 4.74 Å². The molecule has 0 aliphatic rings. The van der Waals surface area contributed by atoms with E-state index in [1.54, 1.807) is 6.92 Å². The van der Waals surface area contributed by atoms with Crippen LogP contribution in [0.25, 0.3) is 0 Å². The van der Waals surface area contributed by atoms with Crippen LogP contribution in [0.1, 0.15) is 24.1 Å². The number of rotatable bonds is 3. The van der Waals surface area contributed by atoms with E-state index in [0.717, 1.165) is 17.2 Å². The third kappa shape index (κ3) is 3.01. The Morgan fingerprint density at radius 2 is 2.20 bits per heavy atom. The Bertz CT molecular complexity index is 375. The molecule has 0 fully saturated rings. The van der Waals surface area contributed by atoms with Gasteiger partial charge in [0.25, 0.3) is 0 Å². The lowest BCUT2D eigenvalue weighted by Gasteiger charge is -2.03. The molecule has 0 saturated heterocycles. The SMILES string of the molecule is CCOC(=O)Cc1nc(C)cc(C)[n+]1C. The molecule has 1 rings (SSSR count). The van der Waals surface area contributed by atoms with Gasteiger partial charge in [-0.15, -0.1) is 0 Å². The van der Waals surface area contributed by atoms with Crippen LogP contribution >= 0.6 is 0 Å². The fraction of sp³-hybridized carbons (Fsp3) is 0.545. The van der Waals surface area contributed by atoms with Crippen molar-refractivity contribution in [2.75, 3.05) is 6.61 Å². The molecule has 4 nitrogen and oxygen atoms in total. The van der Waals surface area contributed by atoms with E-state index < -0.39 is 0 Å². The van der Waals surface area contributed by atoms with E-state index in [4.69, 9.17) is 4.74 Å². The Kier molecular flexibility index (Phi) is 3.77. The fourth-order valence-corrected chi connectivity index (χ4v) is 1.41. The lowest BCUT2D eigenvalue weighted by atomic mass is 10.3. The van der Waals surface area contributed by atoms with Gasteiger partial charge in [-0.2, -0.15) is 0 Å². The van der Waals surface area contributed by atoms with Gasteiger partial charge in [-0.25, -0.2) is 4.57 Å². The largest absolute Gasteiger partial charge is 0.466 e. The average molecular weight is 209 g/mol. The predicted molar refractivity (Wildman–Crippen MR) is 55.2 cm³/mol. The minimum Gasteiger partial charge on any atom is -0.466 e. The van der Waals surface area contributed by atoms with Gasteiger partial charge in [0.15, 0.2) is 12.1 Å². The standard InChI is InChI=1S/C11H17N2O2/c1-5-15-11(14)7-10-12-8(2)6-9(3)13(10)4/h6H,5,7H2,1-4H3/q+1. The molecule has 1 aromatic rings. The molecule has 0 amide bonds. The maximum absolute atomic E-state index is 11.3. The quantitative estimate of drug-likeness (QED) is 0.541. The maximum atomic E-state index is 11.3. The zero-order chi connectivity index (χ0) is 11.4. The van der Waals surface area contributed by atoms with Crippen molar-refractivity contribution >= 4 is 5.97 Å². The molecular weight excluding hydrogens is 192 g/mol. The molecule has 1 heterocycles. The number of carbonyl (C=O) groups is 1. The second-order valence-corrected chi connectivity index (χ2v) is 3.50. The van der Waals surface area contributed by atoms with Crippen molar-refractivity contribution < 1.29 is 14.1 Å². The molecule has 0 atom stereocenters. The topological polar surface area (TPSA) is 43.1 Å². The summed E-state index contributed by atoms with van der Waals surface area (Å²) in [6.45, 7) is 6.12. The summed E-state index contributed by atoms with van der Waals surface area (Å²) in [5, 5.41) is 0. The van der Waals surface area contributed by atoms with Gasteiger partial charge >= 0.3 is 11.8 Å². The van der Waals surface area contributed by atoms with Crippen LogP contribution in [0.2, 0.25) is 0 Å². The van der Waals surface area contributed by atoms with Gasteiger partial charge in [0.2, 0.25) is 0 Å². The Morgan fingerprint density at radius 1 is 1.53 bits per heavy atom. The maximum Gasteiger partial charge on any atom is 0.318 e. The summed E-state index contributed by atoms with van der Waals surface area (Å²) < 4.78 is 6.79. The van der Waals surface area contributed by atoms with E-state index >= 15 is 0 Å². The Balaban J connectivity index is 2.89. The molecule has 0 spiro atoms. The van der Waals surface area contributed by atoms with Crippen molar-refractivity contribution in [2.45, 2.75) is 27.2 Å². The molecule has 0 radical (unpaired) electrons. The van der Waals surface area contributed by atoms with Crippen LogP contribution in [0.5, 0.6) is 0 Å². The van der Waals surface area contributed by atoms with Crippen molar-refractivity contribution in [3.05, 3.63) is 23.3 Å². The van der Waals surface area contributed by atoms with E-state index in [1.807, 2.05) is 31.5 Å². The molecule has 0 unspecified atom stereocenters. The van der Waals surface area contributed by atoms with E-state index in [0.29, 0.717) is 6.61 Å². The average Bonchev–Trinajstić information content (AvgIpc) is 2.13. The summed E-state index contributed by atoms with van der Waals surface area (Å²) in [6.07, 6.45) is 0.229. The van der Waals surface area contributed by atoms with Gasteiger partial charge in [0.05, 0.1) is 13.7 Å². The minimum absolute atomic E-state index is 0.229. The van der Waals surface area contributed by atoms with Crippen molar-refractivity contribution in [3.8, 4) is 0 Å². The zero-order valence-corrected chi connectivity index (χ0v) is 9.70. The molecule has 15 heavy (non-hydrogen) atoms. The van der Waals surface area contributed by atoms with Crippen LogP contribution in [0.4, 0.5) is 0 Å². The second kappa shape index (κ2) is 4.87. The zero-order valence-electron chi connectivity index (χ0n) is 9.70. The van der Waals surface area contributed by atoms with Gasteiger partial charge in [0.1, 0.15) is 5.69 Å². The summed E-state index contributed by atoms with van der Waals surface area (Å²) in [4.78, 5) is 15.6. The molecule has 0 saturated carbocycles. The molecule has 82 valence electrons. The molecule has 0 aliphatic carbocycles. The van der Waals surface area contributed by atoms with Crippen molar-refractivity contribution in [1.82, 2.24) is 4.98 Å². The Morgan fingerprint density at radius 3 is 2.80 bits per heavy atom. The monoisotopic (exact) mass is 209 g/mol. The molecule has 4 heteroatoms. The summed E-state index contributed by atoms with van der Waals surface area (Å²) in [5.74, 6) is 0.511. The number of hydrogen-bond acceptors (Lipinski definition) is 3. The van der Waals surface area contributed by atoms with Gasteiger partial charge in [-0.1, -0.05) is 4.98 Å². The summed E-state index contributed by atoms with van der Waals surface area (Å²) in [6, 6.07) is 1.98. The third-order valence-corrected chi connectivity index (χ3v) is 2.25. The molecule has 0 aliphatic heterocycles. The number of esters is 1. The highest BCUT2D eigenvalue weighted by Gasteiger charge is 2.17. The number of hydrogen-bond donors (Lipinski definition) is 0. The number of carbonyl (C=O) groups excluding carboxylic acids is 1. The first-order valence-electron chi connectivity index (χ1n) is 5.03. The fourth-order valence-electron chi connectivity index (χ4n) is 1.41. The first kappa shape index (κ1) is 11.6. The van der Waals surface area contributed by atoms with E-state index in [9.17, 15) is 4.79 Å². The molecule has 0 aromatic carbocycles. The lowest BCUT2D eigenvalue weighted by Crippen LogP contribution is -2.39. The molecule has 0 bridgehead atoms. The Hall–Kier alpha value is -1.45. The normalized spacial score (nSPS) is 10.1. The van der Waals surface area contributed by atoms with Crippen LogP contribution < -0.4 is 4.57 Å². The first-order chi connectivity index (χ1) is 7.04.